The van der Waals surface area contributed by atoms with Crippen LogP contribution in [-0.2, 0) is 4.79 Å². The first-order valence-electron chi connectivity index (χ1n) is 7.41. The Morgan fingerprint density at radius 2 is 2.18 bits per heavy atom. The van der Waals surface area contributed by atoms with E-state index in [9.17, 15) is 9.59 Å². The molecule has 2 aliphatic rings. The molecule has 0 radical (unpaired) electrons. The Morgan fingerprint density at radius 3 is 2.86 bits per heavy atom. The van der Waals surface area contributed by atoms with Crippen LogP contribution >= 0.6 is 12.4 Å². The van der Waals surface area contributed by atoms with Gasteiger partial charge in [0.05, 0.1) is 5.92 Å². The van der Waals surface area contributed by atoms with Gasteiger partial charge in [0.1, 0.15) is 0 Å². The van der Waals surface area contributed by atoms with Crippen molar-refractivity contribution < 1.29 is 9.59 Å². The molecule has 3 rings (SSSR count). The van der Waals surface area contributed by atoms with Crippen molar-refractivity contribution in [1.29, 1.82) is 0 Å². The summed E-state index contributed by atoms with van der Waals surface area (Å²) in [6.07, 6.45) is 1.96. The smallest absolute Gasteiger partial charge is 0.321 e. The summed E-state index contributed by atoms with van der Waals surface area (Å²) in [6.45, 7) is 3.04. The lowest BCUT2D eigenvalue weighted by atomic mass is 9.99. The van der Waals surface area contributed by atoms with Crippen LogP contribution in [0.4, 0.5) is 16.2 Å². The van der Waals surface area contributed by atoms with Crippen molar-refractivity contribution in [3.63, 3.8) is 0 Å². The molecule has 1 unspecified atom stereocenters. The maximum atomic E-state index is 12.2. The SMILES string of the molecule is Cl.O=C(Nc1cccc(N2CCNC2=O)c1)C1CCCNC1. The second kappa shape index (κ2) is 7.47. The van der Waals surface area contributed by atoms with E-state index in [1.807, 2.05) is 24.3 Å². The first kappa shape index (κ1) is 16.6. The summed E-state index contributed by atoms with van der Waals surface area (Å²) in [5, 5.41) is 8.97. The fourth-order valence-corrected chi connectivity index (χ4v) is 2.79. The third-order valence-electron chi connectivity index (χ3n) is 3.95. The van der Waals surface area contributed by atoms with Gasteiger partial charge in [-0.15, -0.1) is 12.4 Å². The van der Waals surface area contributed by atoms with Crippen molar-refractivity contribution in [3.8, 4) is 0 Å². The molecule has 1 atom stereocenters. The van der Waals surface area contributed by atoms with E-state index >= 15 is 0 Å². The molecule has 3 amide bonds. The number of carbonyl (C=O) groups is 2. The Balaban J connectivity index is 0.00000176. The summed E-state index contributed by atoms with van der Waals surface area (Å²) < 4.78 is 0. The molecule has 22 heavy (non-hydrogen) atoms. The zero-order valence-corrected chi connectivity index (χ0v) is 13.1. The van der Waals surface area contributed by atoms with E-state index in [1.54, 1.807) is 4.90 Å². The van der Waals surface area contributed by atoms with Crippen LogP contribution in [0.15, 0.2) is 24.3 Å². The van der Waals surface area contributed by atoms with Crippen molar-refractivity contribution in [2.75, 3.05) is 36.4 Å². The molecular formula is C15H21ClN4O2. The lowest BCUT2D eigenvalue weighted by molar-refractivity contribution is -0.120. The quantitative estimate of drug-likeness (QED) is 0.790. The highest BCUT2D eigenvalue weighted by molar-refractivity contribution is 5.96. The summed E-state index contributed by atoms with van der Waals surface area (Å²) in [4.78, 5) is 25.6. The molecule has 2 saturated heterocycles. The highest BCUT2D eigenvalue weighted by Gasteiger charge is 2.23. The van der Waals surface area contributed by atoms with Crippen molar-refractivity contribution in [3.05, 3.63) is 24.3 Å². The number of carbonyl (C=O) groups excluding carboxylic acids is 2. The molecule has 1 aromatic carbocycles. The van der Waals surface area contributed by atoms with E-state index in [2.05, 4.69) is 16.0 Å². The van der Waals surface area contributed by atoms with Gasteiger partial charge in [-0.3, -0.25) is 9.69 Å². The van der Waals surface area contributed by atoms with Crippen molar-refractivity contribution >= 4 is 35.7 Å². The Bertz CT molecular complexity index is 546. The van der Waals surface area contributed by atoms with Crippen LogP contribution in [0.25, 0.3) is 0 Å². The van der Waals surface area contributed by atoms with Gasteiger partial charge >= 0.3 is 6.03 Å². The molecule has 0 aromatic heterocycles. The maximum absolute atomic E-state index is 12.2. The molecule has 0 saturated carbocycles. The number of hydrogen-bond acceptors (Lipinski definition) is 3. The number of benzene rings is 1. The van der Waals surface area contributed by atoms with Crippen molar-refractivity contribution in [2.45, 2.75) is 12.8 Å². The molecule has 0 bridgehead atoms. The topological polar surface area (TPSA) is 73.5 Å². The maximum Gasteiger partial charge on any atom is 0.321 e. The molecule has 3 N–H and O–H groups in total. The van der Waals surface area contributed by atoms with Crippen molar-refractivity contribution in [1.82, 2.24) is 10.6 Å². The van der Waals surface area contributed by atoms with Crippen LogP contribution in [-0.4, -0.2) is 38.1 Å². The summed E-state index contributed by atoms with van der Waals surface area (Å²) in [5.41, 5.74) is 1.55. The zero-order chi connectivity index (χ0) is 14.7. The molecule has 2 heterocycles. The van der Waals surface area contributed by atoms with E-state index in [4.69, 9.17) is 0 Å². The van der Waals surface area contributed by atoms with E-state index < -0.39 is 0 Å². The van der Waals surface area contributed by atoms with Gasteiger partial charge in [0.2, 0.25) is 5.91 Å². The minimum Gasteiger partial charge on any atom is -0.336 e. The summed E-state index contributed by atoms with van der Waals surface area (Å²) in [6, 6.07) is 7.35. The number of urea groups is 1. The second-order valence-corrected chi connectivity index (χ2v) is 5.47. The first-order chi connectivity index (χ1) is 10.2. The highest BCUT2D eigenvalue weighted by atomic mass is 35.5. The molecular weight excluding hydrogens is 304 g/mol. The first-order valence-corrected chi connectivity index (χ1v) is 7.41. The third-order valence-corrected chi connectivity index (χ3v) is 3.95. The zero-order valence-electron chi connectivity index (χ0n) is 12.3. The minimum atomic E-state index is -0.0880. The number of piperidine rings is 1. The number of rotatable bonds is 3. The number of nitrogens with zero attached hydrogens (tertiary/aromatic N) is 1. The Labute approximate surface area is 136 Å². The molecule has 6 nitrogen and oxygen atoms in total. The number of nitrogens with one attached hydrogen (secondary N) is 3. The average Bonchev–Trinajstić information content (AvgIpc) is 2.94. The Hall–Kier alpha value is -1.79. The van der Waals surface area contributed by atoms with E-state index in [1.165, 1.54) is 0 Å². The molecule has 120 valence electrons. The highest BCUT2D eigenvalue weighted by Crippen LogP contribution is 2.22. The Kier molecular flexibility index (Phi) is 5.63. The van der Waals surface area contributed by atoms with Gasteiger partial charge < -0.3 is 16.0 Å². The Morgan fingerprint density at radius 1 is 1.32 bits per heavy atom. The van der Waals surface area contributed by atoms with E-state index in [0.717, 1.165) is 37.3 Å². The van der Waals surface area contributed by atoms with Gasteiger partial charge in [0, 0.05) is 31.0 Å². The third kappa shape index (κ3) is 3.69. The summed E-state index contributed by atoms with van der Waals surface area (Å²) in [5.74, 6) is 0.0720. The predicted molar refractivity (Wildman–Crippen MR) is 88.7 cm³/mol. The van der Waals surface area contributed by atoms with Gasteiger partial charge in [-0.2, -0.15) is 0 Å². The van der Waals surface area contributed by atoms with Crippen LogP contribution in [0.5, 0.6) is 0 Å². The van der Waals surface area contributed by atoms with Crippen LogP contribution < -0.4 is 20.9 Å². The number of hydrogen-bond donors (Lipinski definition) is 3. The summed E-state index contributed by atoms with van der Waals surface area (Å²) in [7, 11) is 0. The van der Waals surface area contributed by atoms with E-state index in [0.29, 0.717) is 13.1 Å². The second-order valence-electron chi connectivity index (χ2n) is 5.47. The monoisotopic (exact) mass is 324 g/mol. The minimum absolute atomic E-state index is 0. The van der Waals surface area contributed by atoms with Crippen LogP contribution in [0.2, 0.25) is 0 Å². The fraction of sp³-hybridized carbons (Fsp3) is 0.467. The van der Waals surface area contributed by atoms with Gasteiger partial charge in [0.15, 0.2) is 0 Å². The molecule has 7 heteroatoms. The molecule has 0 aliphatic carbocycles. The van der Waals surface area contributed by atoms with Gasteiger partial charge in [0.25, 0.3) is 0 Å². The summed E-state index contributed by atoms with van der Waals surface area (Å²) >= 11 is 0. The van der Waals surface area contributed by atoms with Gasteiger partial charge in [-0.25, -0.2) is 4.79 Å². The fourth-order valence-electron chi connectivity index (χ4n) is 2.79. The molecule has 0 spiro atoms. The van der Waals surface area contributed by atoms with Crippen molar-refractivity contribution in [2.24, 2.45) is 5.92 Å². The molecule has 2 fully saturated rings. The molecule has 1 aromatic rings. The van der Waals surface area contributed by atoms with Gasteiger partial charge in [-0.1, -0.05) is 6.07 Å². The normalized spacial score (nSPS) is 21.0. The lowest BCUT2D eigenvalue weighted by Gasteiger charge is -2.22. The lowest BCUT2D eigenvalue weighted by Crippen LogP contribution is -2.37. The van der Waals surface area contributed by atoms with Crippen LogP contribution in [0, 0.1) is 5.92 Å². The largest absolute Gasteiger partial charge is 0.336 e. The number of anilines is 2. The van der Waals surface area contributed by atoms with Gasteiger partial charge in [-0.05, 0) is 37.6 Å². The standard InChI is InChI=1S/C15H20N4O2.ClH/c20-14(11-3-2-6-16-10-11)18-12-4-1-5-13(9-12)19-8-7-17-15(19)21;/h1,4-5,9,11,16H,2-3,6-8,10H2,(H,17,21)(H,18,20);1H. The molecule has 2 aliphatic heterocycles. The predicted octanol–water partition coefficient (Wildman–Crippen LogP) is 1.58. The van der Waals surface area contributed by atoms with Crippen LogP contribution in [0.3, 0.4) is 0 Å². The number of amides is 3. The average molecular weight is 325 g/mol. The van der Waals surface area contributed by atoms with Crippen LogP contribution in [0.1, 0.15) is 12.8 Å². The number of halogens is 1. The van der Waals surface area contributed by atoms with E-state index in [-0.39, 0.29) is 30.3 Å².